The van der Waals surface area contributed by atoms with Crippen LogP contribution in [0, 0.1) is 0 Å². The highest BCUT2D eigenvalue weighted by Gasteiger charge is 2.52. The number of hydrogen-bond donors (Lipinski definition) is 2. The Balaban J connectivity index is 2.02. The van der Waals surface area contributed by atoms with Crippen molar-refractivity contribution in [2.24, 2.45) is 10.7 Å². The Kier molecular flexibility index (Phi) is 5.75. The number of aliphatic hydroxyl groups excluding tert-OH is 1. The first-order chi connectivity index (χ1) is 12.9. The lowest BCUT2D eigenvalue weighted by Gasteiger charge is -2.35. The van der Waals surface area contributed by atoms with Crippen LogP contribution in [0.25, 0.3) is 0 Å². The third kappa shape index (κ3) is 3.81. The summed E-state index contributed by atoms with van der Waals surface area (Å²) in [6.45, 7) is -0.100. The van der Waals surface area contributed by atoms with Gasteiger partial charge in [0.25, 0.3) is 11.8 Å². The number of thioether (sulfide) groups is 1. The van der Waals surface area contributed by atoms with Crippen LogP contribution in [0.4, 0.5) is 14.6 Å². The molecular weight excluding hydrogens is 376 g/mol. The molecule has 1 amide bonds. The minimum Gasteiger partial charge on any atom is -0.405 e. The first-order valence-corrected chi connectivity index (χ1v) is 9.84. The van der Waals surface area contributed by atoms with E-state index < -0.39 is 24.0 Å². The monoisotopic (exact) mass is 397 g/mol. The predicted molar refractivity (Wildman–Crippen MR) is 98.4 cm³/mol. The smallest absolute Gasteiger partial charge is 0.270 e. The lowest BCUT2D eigenvalue weighted by molar-refractivity contribution is -0.112. The third-order valence-electron chi connectivity index (χ3n) is 4.71. The van der Waals surface area contributed by atoms with Crippen molar-refractivity contribution in [3.63, 3.8) is 0 Å². The molecule has 2 unspecified atom stereocenters. The second-order valence-corrected chi connectivity index (χ2v) is 7.24. The van der Waals surface area contributed by atoms with Gasteiger partial charge in [0.15, 0.2) is 11.0 Å². The molecule has 0 saturated heterocycles. The molecule has 0 aromatic carbocycles. The van der Waals surface area contributed by atoms with Crippen molar-refractivity contribution >= 4 is 29.7 Å². The predicted octanol–water partition coefficient (Wildman–Crippen LogP) is 2.27. The summed E-state index contributed by atoms with van der Waals surface area (Å²) in [6, 6.07) is -1.58. The Morgan fingerprint density at radius 2 is 2.19 bits per heavy atom. The molecule has 1 aliphatic heterocycles. The molecule has 2 aliphatic rings. The first-order valence-electron chi connectivity index (χ1n) is 8.61. The van der Waals surface area contributed by atoms with Gasteiger partial charge < -0.3 is 15.7 Å². The van der Waals surface area contributed by atoms with Crippen LogP contribution in [0.2, 0.25) is 0 Å². The molecule has 1 aromatic rings. The number of carbonyl (C=O) groups excluding carboxylic acids is 1. The maximum absolute atomic E-state index is 14.7. The highest BCUT2D eigenvalue weighted by atomic mass is 32.2. The number of aliphatic imine (C=N–C) groups is 1. The van der Waals surface area contributed by atoms with Gasteiger partial charge in [-0.15, -0.1) is 0 Å². The van der Waals surface area contributed by atoms with Crippen LogP contribution in [0.3, 0.4) is 0 Å². The molecule has 0 spiro atoms. The zero-order chi connectivity index (χ0) is 19.6. The number of fused-ring (bicyclic) bond motifs is 1. The summed E-state index contributed by atoms with van der Waals surface area (Å²) in [5.41, 5.74) is 5.72. The summed E-state index contributed by atoms with van der Waals surface area (Å²) >= 11 is 1.26. The van der Waals surface area contributed by atoms with E-state index in [0.717, 1.165) is 4.90 Å². The number of allylic oxidation sites excluding steroid dienone is 1. The zero-order valence-electron chi connectivity index (χ0n) is 14.8. The van der Waals surface area contributed by atoms with Crippen LogP contribution in [0.15, 0.2) is 22.4 Å². The number of rotatable bonds is 4. The number of nitrogens with two attached hydrogens (primary N) is 1. The maximum atomic E-state index is 14.7. The van der Waals surface area contributed by atoms with E-state index in [9.17, 15) is 18.7 Å². The quantitative estimate of drug-likeness (QED) is 0.350. The maximum Gasteiger partial charge on any atom is 0.270 e. The Morgan fingerprint density at radius 1 is 1.41 bits per heavy atom. The van der Waals surface area contributed by atoms with E-state index in [1.165, 1.54) is 30.3 Å². The highest BCUT2D eigenvalue weighted by Crippen LogP contribution is 2.40. The molecule has 2 atom stereocenters. The number of carbonyl (C=O) groups is 1. The molecule has 0 bridgehead atoms. The van der Waals surface area contributed by atoms with Crippen LogP contribution < -0.4 is 5.73 Å². The van der Waals surface area contributed by atoms with Gasteiger partial charge in [-0.2, -0.15) is 0 Å². The summed E-state index contributed by atoms with van der Waals surface area (Å²) < 4.78 is 29.4. The lowest BCUT2D eigenvalue weighted by atomic mass is 10.0. The average Bonchev–Trinajstić information content (AvgIpc) is 2.87. The van der Waals surface area contributed by atoms with Gasteiger partial charge in [0.2, 0.25) is 0 Å². The molecule has 1 saturated carbocycles. The average molecular weight is 397 g/mol. The van der Waals surface area contributed by atoms with E-state index >= 15 is 0 Å². The van der Waals surface area contributed by atoms with Crippen LogP contribution >= 0.6 is 11.8 Å². The molecule has 3 rings (SSSR count). The fourth-order valence-electron chi connectivity index (χ4n) is 3.49. The van der Waals surface area contributed by atoms with Gasteiger partial charge in [-0.25, -0.2) is 23.7 Å². The fraction of sp³-hybridized carbons (Fsp3) is 0.529. The van der Waals surface area contributed by atoms with Gasteiger partial charge in [0.05, 0.1) is 18.3 Å². The largest absolute Gasteiger partial charge is 0.405 e. The van der Waals surface area contributed by atoms with E-state index in [2.05, 4.69) is 15.0 Å². The van der Waals surface area contributed by atoms with Crippen LogP contribution in [-0.4, -0.2) is 56.4 Å². The van der Waals surface area contributed by atoms with Gasteiger partial charge in [0.1, 0.15) is 11.6 Å². The molecular formula is C17H21F2N5O2S. The van der Waals surface area contributed by atoms with Crippen molar-refractivity contribution in [1.82, 2.24) is 14.9 Å². The van der Waals surface area contributed by atoms with Crippen molar-refractivity contribution < 1.29 is 18.7 Å². The fourth-order valence-corrected chi connectivity index (χ4v) is 3.87. The number of aromatic nitrogens is 2. The summed E-state index contributed by atoms with van der Waals surface area (Å²) in [4.78, 5) is 26.6. The minimum absolute atomic E-state index is 0.0988. The van der Waals surface area contributed by atoms with E-state index in [1.807, 2.05) is 0 Å². The first kappa shape index (κ1) is 19.7. The molecule has 3 N–H and O–H groups in total. The minimum atomic E-state index is -3.17. The molecule has 27 heavy (non-hydrogen) atoms. The Labute approximate surface area is 159 Å². The molecule has 1 aliphatic carbocycles. The Morgan fingerprint density at radius 3 is 2.89 bits per heavy atom. The second-order valence-electron chi connectivity index (χ2n) is 6.47. The highest BCUT2D eigenvalue weighted by molar-refractivity contribution is 7.98. The van der Waals surface area contributed by atoms with Crippen LogP contribution in [0.1, 0.15) is 41.7 Å². The summed E-state index contributed by atoms with van der Waals surface area (Å²) in [5.74, 6) is -3.69. The standard InChI is InChI=1S/C17H21F2N5O2S/c1-27-16-22-10-9-24(13-11(25)5-2-3-6-17(13,18)19)15(26)12(10)14(23-16)21-8-4-7-20/h4,7-8,11,13,25H,2-3,5-6,9,20H2,1H3/b7-4-,21-8?. The van der Waals surface area contributed by atoms with Crippen molar-refractivity contribution in [2.45, 2.75) is 55.5 Å². The Bertz CT molecular complexity index is 787. The lowest BCUT2D eigenvalue weighted by Crippen LogP contribution is -2.53. The summed E-state index contributed by atoms with van der Waals surface area (Å²) in [6.07, 6.45) is 5.28. The second kappa shape index (κ2) is 7.89. The zero-order valence-corrected chi connectivity index (χ0v) is 15.6. The van der Waals surface area contributed by atoms with Crippen LogP contribution in [-0.2, 0) is 6.54 Å². The van der Waals surface area contributed by atoms with Crippen molar-refractivity contribution in [1.29, 1.82) is 0 Å². The normalized spacial score (nSPS) is 25.3. The number of halogens is 2. The molecule has 0 radical (unpaired) electrons. The number of hydrogen-bond acceptors (Lipinski definition) is 7. The molecule has 10 heteroatoms. The van der Waals surface area contributed by atoms with Crippen molar-refractivity contribution in [2.75, 3.05) is 6.26 Å². The van der Waals surface area contributed by atoms with Gasteiger partial charge in [0, 0.05) is 12.6 Å². The molecule has 2 heterocycles. The SMILES string of the molecule is CSc1nc2c(c(N=C/C=C\N)n1)C(=O)N(C1C(O)CCCCC1(F)F)C2. The van der Waals surface area contributed by atoms with Gasteiger partial charge in [-0.1, -0.05) is 18.2 Å². The van der Waals surface area contributed by atoms with E-state index in [4.69, 9.17) is 5.73 Å². The van der Waals surface area contributed by atoms with E-state index in [1.54, 1.807) is 6.26 Å². The molecule has 1 aromatic heterocycles. The molecule has 1 fully saturated rings. The number of aliphatic hydroxyl groups is 1. The summed E-state index contributed by atoms with van der Waals surface area (Å²) in [5, 5.41) is 10.7. The van der Waals surface area contributed by atoms with Crippen molar-refractivity contribution in [3.8, 4) is 0 Å². The van der Waals surface area contributed by atoms with Gasteiger partial charge in [-0.3, -0.25) is 4.79 Å². The number of alkyl halides is 2. The Hall–Kier alpha value is -2.07. The number of nitrogens with zero attached hydrogens (tertiary/aromatic N) is 4. The third-order valence-corrected chi connectivity index (χ3v) is 5.26. The van der Waals surface area contributed by atoms with Gasteiger partial charge >= 0.3 is 0 Å². The topological polar surface area (TPSA) is 105 Å². The molecule has 146 valence electrons. The van der Waals surface area contributed by atoms with E-state index in [-0.39, 0.29) is 30.8 Å². The van der Waals surface area contributed by atoms with E-state index in [0.29, 0.717) is 23.7 Å². The van der Waals surface area contributed by atoms with Gasteiger partial charge in [-0.05, 0) is 31.4 Å². The summed E-state index contributed by atoms with van der Waals surface area (Å²) in [7, 11) is 0. The molecule has 7 nitrogen and oxygen atoms in total. The van der Waals surface area contributed by atoms with Crippen LogP contribution in [0.5, 0.6) is 0 Å². The number of amides is 1. The van der Waals surface area contributed by atoms with Crippen molar-refractivity contribution in [3.05, 3.63) is 23.5 Å².